The lowest BCUT2D eigenvalue weighted by molar-refractivity contribution is 0.0692. The molecule has 2 N–H and O–H groups in total. The number of halogens is 3. The number of aryl methyl sites for hydroxylation is 1. The molecule has 4 nitrogen and oxygen atoms in total. The van der Waals surface area contributed by atoms with E-state index in [1.54, 1.807) is 6.92 Å². The second-order valence-electron chi connectivity index (χ2n) is 4.03. The summed E-state index contributed by atoms with van der Waals surface area (Å²) in [5.74, 6) is -3.18. The number of hydrogen-bond acceptors (Lipinski definition) is 3. The summed E-state index contributed by atoms with van der Waals surface area (Å²) in [6.07, 6.45) is 1.17. The second kappa shape index (κ2) is 5.54. The monoisotopic (exact) mass is 342 g/mol. The van der Waals surface area contributed by atoms with Gasteiger partial charge in [-0.3, -0.25) is 0 Å². The summed E-state index contributed by atoms with van der Waals surface area (Å²) in [6, 6.07) is 3.75. The molecule has 0 saturated carbocycles. The predicted octanol–water partition coefficient (Wildman–Crippen LogP) is 3.87. The Bertz CT molecular complexity index is 692. The number of rotatable bonds is 3. The molecule has 0 aliphatic rings. The lowest BCUT2D eigenvalue weighted by Crippen LogP contribution is -2.06. The highest BCUT2D eigenvalue weighted by molar-refractivity contribution is 9.10. The van der Waals surface area contributed by atoms with Gasteiger partial charge in [0, 0.05) is 11.9 Å². The van der Waals surface area contributed by atoms with E-state index in [1.165, 1.54) is 18.3 Å². The maximum absolute atomic E-state index is 13.9. The van der Waals surface area contributed by atoms with Crippen molar-refractivity contribution in [3.05, 3.63) is 51.6 Å². The maximum Gasteiger partial charge on any atom is 0.338 e. The fourth-order valence-electron chi connectivity index (χ4n) is 1.60. The van der Waals surface area contributed by atoms with Crippen molar-refractivity contribution in [1.29, 1.82) is 0 Å². The van der Waals surface area contributed by atoms with Crippen LogP contribution in [0.1, 0.15) is 15.9 Å². The van der Waals surface area contributed by atoms with Crippen LogP contribution in [0.4, 0.5) is 20.3 Å². The van der Waals surface area contributed by atoms with Gasteiger partial charge in [0.05, 0.1) is 4.47 Å². The highest BCUT2D eigenvalue weighted by Gasteiger charge is 2.16. The molecule has 104 valence electrons. The van der Waals surface area contributed by atoms with Crippen LogP contribution >= 0.6 is 15.9 Å². The topological polar surface area (TPSA) is 62.2 Å². The van der Waals surface area contributed by atoms with E-state index in [4.69, 9.17) is 5.11 Å². The third-order valence-corrected chi connectivity index (χ3v) is 3.25. The Kier molecular flexibility index (Phi) is 3.99. The third kappa shape index (κ3) is 2.77. The summed E-state index contributed by atoms with van der Waals surface area (Å²) in [7, 11) is 0. The Hall–Kier alpha value is -2.02. The maximum atomic E-state index is 13.9. The number of nitrogens with zero attached hydrogens (tertiary/aromatic N) is 1. The highest BCUT2D eigenvalue weighted by atomic mass is 79.9. The molecule has 2 rings (SSSR count). The van der Waals surface area contributed by atoms with Crippen molar-refractivity contribution in [3.63, 3.8) is 0 Å². The highest BCUT2D eigenvalue weighted by Crippen LogP contribution is 2.27. The molecule has 0 fully saturated rings. The van der Waals surface area contributed by atoms with Crippen LogP contribution < -0.4 is 5.32 Å². The van der Waals surface area contributed by atoms with Gasteiger partial charge in [-0.2, -0.15) is 0 Å². The van der Waals surface area contributed by atoms with Gasteiger partial charge in [0.25, 0.3) is 0 Å². The summed E-state index contributed by atoms with van der Waals surface area (Å²) in [5.41, 5.74) is 0.456. The lowest BCUT2D eigenvalue weighted by atomic mass is 10.2. The van der Waals surface area contributed by atoms with E-state index < -0.39 is 23.2 Å². The van der Waals surface area contributed by atoms with E-state index >= 15 is 0 Å². The number of carbonyl (C=O) groups is 1. The largest absolute Gasteiger partial charge is 0.478 e. The van der Waals surface area contributed by atoms with Crippen LogP contribution in [-0.4, -0.2) is 16.1 Å². The fourth-order valence-corrected chi connectivity index (χ4v) is 2.06. The number of hydrogen-bond donors (Lipinski definition) is 2. The number of carboxylic acids is 1. The minimum atomic E-state index is -1.40. The average Bonchev–Trinajstić information content (AvgIpc) is 2.37. The molecule has 1 aromatic carbocycles. The van der Waals surface area contributed by atoms with Crippen LogP contribution in [-0.2, 0) is 0 Å². The SMILES string of the molecule is Cc1cc(Br)c(F)cc1Nc1nccc(C(=O)O)c1F. The summed E-state index contributed by atoms with van der Waals surface area (Å²) in [4.78, 5) is 14.6. The van der Waals surface area contributed by atoms with Crippen LogP contribution in [0.3, 0.4) is 0 Å². The van der Waals surface area contributed by atoms with Gasteiger partial charge in [0.1, 0.15) is 11.4 Å². The van der Waals surface area contributed by atoms with Gasteiger partial charge in [-0.05, 0) is 46.6 Å². The third-order valence-electron chi connectivity index (χ3n) is 2.64. The molecule has 0 aliphatic carbocycles. The standard InChI is InChI=1S/C13H9BrF2N2O2/c1-6-4-8(14)9(15)5-10(6)18-12-11(16)7(13(19)20)2-3-17-12/h2-5H,1H3,(H,17,18)(H,19,20). The van der Waals surface area contributed by atoms with E-state index in [-0.39, 0.29) is 10.3 Å². The van der Waals surface area contributed by atoms with Crippen molar-refractivity contribution in [2.75, 3.05) is 5.32 Å². The van der Waals surface area contributed by atoms with Crippen LogP contribution in [0, 0.1) is 18.6 Å². The Morgan fingerprint density at radius 2 is 2.10 bits per heavy atom. The molecule has 2 aromatic rings. The first kappa shape index (κ1) is 14.4. The van der Waals surface area contributed by atoms with Crippen LogP contribution in [0.15, 0.2) is 28.9 Å². The van der Waals surface area contributed by atoms with Gasteiger partial charge < -0.3 is 10.4 Å². The number of anilines is 2. The molecule has 0 spiro atoms. The van der Waals surface area contributed by atoms with E-state index in [0.717, 1.165) is 6.07 Å². The van der Waals surface area contributed by atoms with E-state index in [1.807, 2.05) is 0 Å². The molecule has 0 atom stereocenters. The molecule has 7 heteroatoms. The number of benzene rings is 1. The van der Waals surface area contributed by atoms with Crippen molar-refractivity contribution in [2.24, 2.45) is 0 Å². The van der Waals surface area contributed by atoms with E-state index in [9.17, 15) is 13.6 Å². The summed E-state index contributed by atoms with van der Waals surface area (Å²) >= 11 is 3.04. The molecule has 0 radical (unpaired) electrons. The average molecular weight is 343 g/mol. The zero-order chi connectivity index (χ0) is 14.9. The zero-order valence-electron chi connectivity index (χ0n) is 10.2. The molecule has 0 amide bonds. The molecular formula is C13H9BrF2N2O2. The summed E-state index contributed by atoms with van der Waals surface area (Å²) in [5, 5.41) is 11.4. The van der Waals surface area contributed by atoms with E-state index in [0.29, 0.717) is 11.3 Å². The second-order valence-corrected chi connectivity index (χ2v) is 4.89. The van der Waals surface area contributed by atoms with Crippen LogP contribution in [0.5, 0.6) is 0 Å². The molecule has 20 heavy (non-hydrogen) atoms. The molecule has 0 bridgehead atoms. The first-order valence-electron chi connectivity index (χ1n) is 5.50. The zero-order valence-corrected chi connectivity index (χ0v) is 11.8. The van der Waals surface area contributed by atoms with Crippen LogP contribution in [0.2, 0.25) is 0 Å². The Morgan fingerprint density at radius 3 is 2.75 bits per heavy atom. The number of aromatic carboxylic acids is 1. The Morgan fingerprint density at radius 1 is 1.40 bits per heavy atom. The summed E-state index contributed by atoms with van der Waals surface area (Å²) in [6.45, 7) is 1.70. The van der Waals surface area contributed by atoms with Crippen molar-refractivity contribution in [1.82, 2.24) is 4.98 Å². The lowest BCUT2D eigenvalue weighted by Gasteiger charge is -2.11. The minimum Gasteiger partial charge on any atom is -0.478 e. The van der Waals surface area contributed by atoms with Crippen molar-refractivity contribution in [3.8, 4) is 0 Å². The Labute approximate surface area is 121 Å². The van der Waals surface area contributed by atoms with E-state index in [2.05, 4.69) is 26.2 Å². The number of aromatic nitrogens is 1. The molecule has 1 heterocycles. The molecule has 0 saturated heterocycles. The van der Waals surface area contributed by atoms with Gasteiger partial charge in [0.15, 0.2) is 11.6 Å². The molecule has 0 aliphatic heterocycles. The molecular weight excluding hydrogens is 334 g/mol. The predicted molar refractivity (Wildman–Crippen MR) is 73.3 cm³/mol. The van der Waals surface area contributed by atoms with Gasteiger partial charge in [0.2, 0.25) is 0 Å². The first-order valence-corrected chi connectivity index (χ1v) is 6.30. The molecule has 0 unspecified atom stereocenters. The van der Waals surface area contributed by atoms with Crippen molar-refractivity contribution >= 4 is 33.4 Å². The number of nitrogens with one attached hydrogen (secondary N) is 1. The van der Waals surface area contributed by atoms with Gasteiger partial charge in [-0.25, -0.2) is 18.6 Å². The number of pyridine rings is 1. The quantitative estimate of drug-likeness (QED) is 0.888. The number of carboxylic acid groups (broad SMARTS) is 1. The smallest absolute Gasteiger partial charge is 0.338 e. The fraction of sp³-hybridized carbons (Fsp3) is 0.0769. The van der Waals surface area contributed by atoms with Gasteiger partial charge in [-0.1, -0.05) is 0 Å². The molecule has 1 aromatic heterocycles. The van der Waals surface area contributed by atoms with Crippen molar-refractivity contribution < 1.29 is 18.7 Å². The van der Waals surface area contributed by atoms with Gasteiger partial charge >= 0.3 is 5.97 Å². The first-order chi connectivity index (χ1) is 9.40. The van der Waals surface area contributed by atoms with Gasteiger partial charge in [-0.15, -0.1) is 0 Å². The minimum absolute atomic E-state index is 0.269. The summed E-state index contributed by atoms with van der Waals surface area (Å²) < 4.78 is 27.7. The Balaban J connectivity index is 2.43. The van der Waals surface area contributed by atoms with Crippen molar-refractivity contribution in [2.45, 2.75) is 6.92 Å². The normalized spacial score (nSPS) is 10.4. The van der Waals surface area contributed by atoms with Crippen LogP contribution in [0.25, 0.3) is 0 Å².